The average Bonchev–Trinajstić information content (AvgIpc) is 2.81. The smallest absolute Gasteiger partial charge is 0.344 e. The van der Waals surface area contributed by atoms with Gasteiger partial charge in [-0.1, -0.05) is 30.3 Å². The van der Waals surface area contributed by atoms with Crippen LogP contribution in [0, 0.1) is 29.9 Å². The van der Waals surface area contributed by atoms with Gasteiger partial charge in [0.1, 0.15) is 5.92 Å². The van der Waals surface area contributed by atoms with Crippen molar-refractivity contribution in [2.45, 2.75) is 33.2 Å². The topological polar surface area (TPSA) is 142 Å². The Labute approximate surface area is 202 Å². The number of aryl methyl sites for hydroxylation is 1. The van der Waals surface area contributed by atoms with Crippen molar-refractivity contribution in [1.29, 1.82) is 0 Å². The van der Waals surface area contributed by atoms with Crippen LogP contribution in [0.5, 0.6) is 0 Å². The summed E-state index contributed by atoms with van der Waals surface area (Å²) in [5.74, 6) is -2.34. The Bertz CT molecular complexity index is 1190. The molecule has 1 aliphatic rings. The summed E-state index contributed by atoms with van der Waals surface area (Å²) in [7, 11) is 0. The molecule has 2 N–H and O–H groups in total. The second-order valence-corrected chi connectivity index (χ2v) is 8.54. The van der Waals surface area contributed by atoms with E-state index in [9.17, 15) is 29.6 Å². The van der Waals surface area contributed by atoms with E-state index in [-0.39, 0.29) is 30.3 Å². The van der Waals surface area contributed by atoms with Gasteiger partial charge in [0.2, 0.25) is 0 Å². The minimum absolute atomic E-state index is 0.0408. The molecule has 2 amide bonds. The third-order valence-corrected chi connectivity index (χ3v) is 6.25. The highest BCUT2D eigenvalue weighted by atomic mass is 16.6. The number of carboxylic acids is 1. The maximum absolute atomic E-state index is 12.7. The molecule has 10 nitrogen and oxygen atoms in total. The molecule has 0 fully saturated rings. The van der Waals surface area contributed by atoms with Gasteiger partial charge >= 0.3 is 12.0 Å². The molecule has 184 valence electrons. The number of carbonyl (C=O) groups is 3. The molecule has 0 spiro atoms. The number of carbonyl (C=O) groups excluding carboxylic acids is 2. The van der Waals surface area contributed by atoms with Gasteiger partial charge in [-0.05, 0) is 50.4 Å². The first-order valence-corrected chi connectivity index (χ1v) is 11.2. The predicted molar refractivity (Wildman–Crippen MR) is 130 cm³/mol. The van der Waals surface area contributed by atoms with Crippen LogP contribution >= 0.6 is 0 Å². The number of nitrogens with zero attached hydrogens (tertiary/aromatic N) is 3. The van der Waals surface area contributed by atoms with Crippen LogP contribution < -0.4 is 5.32 Å². The normalized spacial score (nSPS) is 17.7. The van der Waals surface area contributed by atoms with E-state index < -0.39 is 28.9 Å². The van der Waals surface area contributed by atoms with Crippen LogP contribution in [0.3, 0.4) is 0 Å². The van der Waals surface area contributed by atoms with Gasteiger partial charge in [0.05, 0.1) is 17.5 Å². The summed E-state index contributed by atoms with van der Waals surface area (Å²) in [6.07, 6.45) is 0.429. The number of Topliss-reactive ketones (excluding diaryl/α,β-unsaturated/α-hetero) is 1. The maximum Gasteiger partial charge on any atom is 0.344 e. The summed E-state index contributed by atoms with van der Waals surface area (Å²) in [5, 5.41) is 24.2. The lowest BCUT2D eigenvalue weighted by Gasteiger charge is -2.37. The standard InChI is InChI=1S/C25H28N4O6/c1-15-7-4-10-20(16(15)2)21(30)14-26-11-6-12-28-23(18-8-5-9-19(13-18)29(34)35)22(24(31)32)17(3)27-25(28)33/h4-5,7-10,13,22-23,26H,6,11-12,14H2,1-3H3,(H,31,32). The lowest BCUT2D eigenvalue weighted by Crippen LogP contribution is -2.47. The minimum atomic E-state index is -1.17. The number of amides is 2. The molecule has 2 unspecified atom stereocenters. The Morgan fingerprint density at radius 1 is 1.17 bits per heavy atom. The number of benzene rings is 2. The zero-order valence-corrected chi connectivity index (χ0v) is 19.9. The van der Waals surface area contributed by atoms with Crippen molar-refractivity contribution >= 4 is 29.2 Å². The van der Waals surface area contributed by atoms with Crippen LogP contribution in [0.4, 0.5) is 10.5 Å². The van der Waals surface area contributed by atoms with Crippen LogP contribution in [0.15, 0.2) is 47.5 Å². The van der Waals surface area contributed by atoms with E-state index in [0.29, 0.717) is 24.1 Å². The lowest BCUT2D eigenvalue weighted by atomic mass is 9.86. The molecule has 3 rings (SSSR count). The number of rotatable bonds is 10. The molecule has 0 aliphatic carbocycles. The number of hydrogen-bond acceptors (Lipinski definition) is 6. The summed E-state index contributed by atoms with van der Waals surface area (Å²) < 4.78 is 0. The van der Waals surface area contributed by atoms with Crippen LogP contribution in [-0.2, 0) is 4.79 Å². The van der Waals surface area contributed by atoms with E-state index in [0.717, 1.165) is 11.1 Å². The lowest BCUT2D eigenvalue weighted by molar-refractivity contribution is -0.385. The number of urea groups is 1. The van der Waals surface area contributed by atoms with Gasteiger partial charge in [0, 0.05) is 30.0 Å². The van der Waals surface area contributed by atoms with E-state index in [1.165, 1.54) is 30.0 Å². The molecular formula is C25H28N4O6. The summed E-state index contributed by atoms with van der Waals surface area (Å²) in [5.41, 5.74) is 2.94. The second-order valence-electron chi connectivity index (χ2n) is 8.54. The average molecular weight is 481 g/mol. The molecular weight excluding hydrogens is 452 g/mol. The first-order chi connectivity index (χ1) is 16.6. The molecule has 2 aromatic carbocycles. The van der Waals surface area contributed by atoms with Crippen LogP contribution in [-0.4, -0.2) is 58.1 Å². The Kier molecular flexibility index (Phi) is 8.08. The fraction of sp³-hybridized carbons (Fsp3) is 0.360. The second kappa shape index (κ2) is 11.0. The highest BCUT2D eigenvalue weighted by Gasteiger charge is 2.42. The van der Waals surface area contributed by atoms with Crippen molar-refractivity contribution in [1.82, 2.24) is 10.2 Å². The van der Waals surface area contributed by atoms with E-state index in [1.807, 2.05) is 26.0 Å². The molecule has 1 aliphatic heterocycles. The maximum atomic E-state index is 12.7. The first kappa shape index (κ1) is 25.7. The van der Waals surface area contributed by atoms with Gasteiger partial charge in [0.15, 0.2) is 5.78 Å². The van der Waals surface area contributed by atoms with E-state index >= 15 is 0 Å². The summed E-state index contributed by atoms with van der Waals surface area (Å²) in [6.45, 7) is 6.02. The number of aliphatic imine (C=N–C) groups is 1. The Hall–Kier alpha value is -3.92. The van der Waals surface area contributed by atoms with Crippen molar-refractivity contribution in [2.75, 3.05) is 19.6 Å². The highest BCUT2D eigenvalue weighted by molar-refractivity contribution is 6.07. The number of nitrogens with one attached hydrogen (secondary N) is 1. The monoisotopic (exact) mass is 480 g/mol. The zero-order chi connectivity index (χ0) is 25.7. The zero-order valence-electron chi connectivity index (χ0n) is 19.9. The highest BCUT2D eigenvalue weighted by Crippen LogP contribution is 2.35. The number of hydrogen-bond donors (Lipinski definition) is 2. The number of nitro groups is 1. The van der Waals surface area contributed by atoms with Crippen molar-refractivity contribution in [3.8, 4) is 0 Å². The Balaban J connectivity index is 1.71. The van der Waals surface area contributed by atoms with Gasteiger partial charge < -0.3 is 15.3 Å². The molecule has 0 aromatic heterocycles. The number of nitro benzene ring substituents is 1. The van der Waals surface area contributed by atoms with Gasteiger partial charge in [0.25, 0.3) is 5.69 Å². The molecule has 10 heteroatoms. The van der Waals surface area contributed by atoms with Crippen molar-refractivity contribution in [3.63, 3.8) is 0 Å². The molecule has 0 bridgehead atoms. The van der Waals surface area contributed by atoms with E-state index in [2.05, 4.69) is 10.3 Å². The molecule has 0 saturated heterocycles. The van der Waals surface area contributed by atoms with Crippen molar-refractivity contribution in [3.05, 3.63) is 74.8 Å². The quantitative estimate of drug-likeness (QED) is 0.228. The third kappa shape index (κ3) is 5.78. The Morgan fingerprint density at radius 3 is 2.57 bits per heavy atom. The first-order valence-electron chi connectivity index (χ1n) is 11.2. The van der Waals surface area contributed by atoms with Crippen molar-refractivity contribution < 1.29 is 24.4 Å². The predicted octanol–water partition coefficient (Wildman–Crippen LogP) is 3.71. The van der Waals surface area contributed by atoms with E-state index in [1.54, 1.807) is 12.1 Å². The molecule has 35 heavy (non-hydrogen) atoms. The fourth-order valence-corrected chi connectivity index (χ4v) is 4.28. The molecule has 2 atom stereocenters. The number of carboxylic acid groups (broad SMARTS) is 1. The SMILES string of the molecule is CC1=NC(=O)N(CCCNCC(=O)c2cccc(C)c2C)C(c2cccc([N+](=O)[O-])c2)C1C(=O)O. The van der Waals surface area contributed by atoms with Crippen LogP contribution in [0.25, 0.3) is 0 Å². The van der Waals surface area contributed by atoms with Gasteiger partial charge in [-0.25, -0.2) is 9.79 Å². The molecule has 2 aromatic rings. The molecule has 0 saturated carbocycles. The summed E-state index contributed by atoms with van der Waals surface area (Å²) in [6, 6.07) is 9.69. The molecule has 0 radical (unpaired) electrons. The minimum Gasteiger partial charge on any atom is -0.481 e. The largest absolute Gasteiger partial charge is 0.481 e. The fourth-order valence-electron chi connectivity index (χ4n) is 4.28. The third-order valence-electron chi connectivity index (χ3n) is 6.25. The van der Waals surface area contributed by atoms with Gasteiger partial charge in [-0.3, -0.25) is 19.7 Å². The van der Waals surface area contributed by atoms with E-state index in [4.69, 9.17) is 0 Å². The van der Waals surface area contributed by atoms with Crippen molar-refractivity contribution in [2.24, 2.45) is 10.9 Å². The Morgan fingerprint density at radius 2 is 1.89 bits per heavy atom. The number of aliphatic carboxylic acids is 1. The van der Waals surface area contributed by atoms with Gasteiger partial charge in [-0.15, -0.1) is 0 Å². The van der Waals surface area contributed by atoms with Crippen LogP contribution in [0.1, 0.15) is 46.4 Å². The number of ketones is 1. The summed E-state index contributed by atoms with van der Waals surface area (Å²) in [4.78, 5) is 53.3. The number of non-ortho nitro benzene ring substituents is 1. The molecule has 1 heterocycles. The summed E-state index contributed by atoms with van der Waals surface area (Å²) >= 11 is 0. The van der Waals surface area contributed by atoms with Crippen LogP contribution in [0.2, 0.25) is 0 Å². The van der Waals surface area contributed by atoms with Gasteiger partial charge in [-0.2, -0.15) is 0 Å².